The monoisotopic (exact) mass is 457 g/mol. The summed E-state index contributed by atoms with van der Waals surface area (Å²) in [6.07, 6.45) is 1.79. The Balaban J connectivity index is 1.65. The molecule has 3 rings (SSSR count). The third kappa shape index (κ3) is 5.45. The van der Waals surface area contributed by atoms with E-state index in [2.05, 4.69) is 20.8 Å². The number of nitrogens with zero attached hydrogens (tertiary/aromatic N) is 1. The van der Waals surface area contributed by atoms with Crippen LogP contribution in [0.15, 0.2) is 53.4 Å². The Morgan fingerprint density at radius 1 is 0.875 bits per heavy atom. The second-order valence-corrected chi connectivity index (χ2v) is 11.2. The molecule has 0 radical (unpaired) electrons. The molecule has 6 nitrogen and oxygen atoms in total. The topological polar surface area (TPSA) is 80.8 Å². The van der Waals surface area contributed by atoms with Crippen molar-refractivity contribution in [1.82, 2.24) is 4.31 Å². The van der Waals surface area contributed by atoms with Crippen molar-refractivity contribution < 1.29 is 22.7 Å². The summed E-state index contributed by atoms with van der Waals surface area (Å²) in [4.78, 5) is 25.3. The minimum atomic E-state index is -3.56. The predicted molar refractivity (Wildman–Crippen MR) is 123 cm³/mol. The highest BCUT2D eigenvalue weighted by atomic mass is 32.2. The van der Waals surface area contributed by atoms with Gasteiger partial charge in [-0.2, -0.15) is 4.31 Å². The minimum absolute atomic E-state index is 0.0205. The van der Waals surface area contributed by atoms with Gasteiger partial charge in [0, 0.05) is 18.7 Å². The number of hydrogen-bond donors (Lipinski definition) is 0. The zero-order valence-corrected chi connectivity index (χ0v) is 19.9. The lowest BCUT2D eigenvalue weighted by Crippen LogP contribution is -2.35. The van der Waals surface area contributed by atoms with Crippen LogP contribution in [0.25, 0.3) is 0 Å². The van der Waals surface area contributed by atoms with E-state index in [0.717, 1.165) is 24.8 Å². The summed E-state index contributed by atoms with van der Waals surface area (Å²) in [5.74, 6) is -0.956. The third-order valence-electron chi connectivity index (χ3n) is 5.73. The van der Waals surface area contributed by atoms with E-state index in [1.54, 1.807) is 12.1 Å². The molecule has 0 aliphatic carbocycles. The molecule has 2 aromatic rings. The van der Waals surface area contributed by atoms with Gasteiger partial charge in [0.15, 0.2) is 6.10 Å². The van der Waals surface area contributed by atoms with Crippen LogP contribution in [0.5, 0.6) is 0 Å². The van der Waals surface area contributed by atoms with Crippen LogP contribution < -0.4 is 0 Å². The van der Waals surface area contributed by atoms with Crippen LogP contribution in [0.3, 0.4) is 0 Å². The Hall–Kier alpha value is -2.51. The number of ketones is 1. The van der Waals surface area contributed by atoms with E-state index in [1.807, 2.05) is 12.1 Å². The highest BCUT2D eigenvalue weighted by Gasteiger charge is 2.26. The number of Topliss-reactive ketones (excluding diaryl/α,β-unsaturated/α-hetero) is 1. The van der Waals surface area contributed by atoms with Crippen molar-refractivity contribution in [3.05, 3.63) is 65.2 Å². The van der Waals surface area contributed by atoms with Gasteiger partial charge in [-0.1, -0.05) is 51.5 Å². The smallest absolute Gasteiger partial charge is 0.338 e. The predicted octanol–water partition coefficient (Wildman–Crippen LogP) is 4.59. The molecular formula is C25H31NO5S. The molecule has 32 heavy (non-hydrogen) atoms. The van der Waals surface area contributed by atoms with Crippen molar-refractivity contribution >= 4 is 21.8 Å². The molecule has 1 aliphatic rings. The van der Waals surface area contributed by atoms with Crippen LogP contribution in [0.1, 0.15) is 73.2 Å². The van der Waals surface area contributed by atoms with Gasteiger partial charge < -0.3 is 4.74 Å². The molecule has 1 saturated heterocycles. The molecule has 0 bridgehead atoms. The number of benzene rings is 2. The van der Waals surface area contributed by atoms with E-state index in [-0.39, 0.29) is 21.7 Å². The molecule has 0 saturated carbocycles. The standard InChI is InChI=1S/C25H31NO5S/c1-18(23(27)19-8-12-21(13-9-19)25(2,3)4)31-24(28)20-10-14-22(15-11-20)32(29,30)26-16-6-5-7-17-26/h8-15,18H,5-7,16-17H2,1-4H3/t18-/m0/s1. The van der Waals surface area contributed by atoms with E-state index >= 15 is 0 Å². The molecule has 2 aromatic carbocycles. The Morgan fingerprint density at radius 3 is 1.94 bits per heavy atom. The number of carbonyl (C=O) groups excluding carboxylic acids is 2. The van der Waals surface area contributed by atoms with Crippen molar-refractivity contribution in [3.63, 3.8) is 0 Å². The van der Waals surface area contributed by atoms with E-state index in [4.69, 9.17) is 4.74 Å². The number of rotatable bonds is 6. The summed E-state index contributed by atoms with van der Waals surface area (Å²) in [7, 11) is -3.56. The molecule has 1 aliphatic heterocycles. The second-order valence-electron chi connectivity index (χ2n) is 9.23. The largest absolute Gasteiger partial charge is 0.451 e. The maximum Gasteiger partial charge on any atom is 0.338 e. The van der Waals surface area contributed by atoms with Crippen molar-refractivity contribution in [2.75, 3.05) is 13.1 Å². The van der Waals surface area contributed by atoms with Crippen LogP contribution >= 0.6 is 0 Å². The average Bonchev–Trinajstić information content (AvgIpc) is 2.78. The number of ether oxygens (including phenoxy) is 1. The number of carbonyl (C=O) groups is 2. The van der Waals surface area contributed by atoms with E-state index in [9.17, 15) is 18.0 Å². The number of sulfonamides is 1. The van der Waals surface area contributed by atoms with Crippen LogP contribution in [0.4, 0.5) is 0 Å². The van der Waals surface area contributed by atoms with Crippen LogP contribution in [0.2, 0.25) is 0 Å². The highest BCUT2D eigenvalue weighted by molar-refractivity contribution is 7.89. The first-order valence-corrected chi connectivity index (χ1v) is 12.4. The quantitative estimate of drug-likeness (QED) is 0.468. The molecule has 1 atom stereocenters. The van der Waals surface area contributed by atoms with Crippen LogP contribution in [-0.4, -0.2) is 43.7 Å². The first-order valence-electron chi connectivity index (χ1n) is 11.0. The number of esters is 1. The SMILES string of the molecule is C[C@H](OC(=O)c1ccc(S(=O)(=O)N2CCCCC2)cc1)C(=O)c1ccc(C(C)(C)C)cc1. The molecule has 0 unspecified atom stereocenters. The average molecular weight is 458 g/mol. The number of piperidine rings is 1. The summed E-state index contributed by atoms with van der Waals surface area (Å²) in [5, 5.41) is 0. The van der Waals surface area contributed by atoms with Gasteiger partial charge in [0.05, 0.1) is 10.5 Å². The minimum Gasteiger partial charge on any atom is -0.451 e. The lowest BCUT2D eigenvalue weighted by Gasteiger charge is -2.25. The van der Waals surface area contributed by atoms with Gasteiger partial charge in [-0.25, -0.2) is 13.2 Å². The second kappa shape index (κ2) is 9.55. The van der Waals surface area contributed by atoms with E-state index in [0.29, 0.717) is 18.7 Å². The van der Waals surface area contributed by atoms with E-state index in [1.165, 1.54) is 35.5 Å². The van der Waals surface area contributed by atoms with Crippen LogP contribution in [0, 0.1) is 0 Å². The summed E-state index contributed by atoms with van der Waals surface area (Å²) in [6.45, 7) is 8.85. The van der Waals surface area contributed by atoms with Gasteiger partial charge in [0.1, 0.15) is 0 Å². The summed E-state index contributed by atoms with van der Waals surface area (Å²) in [5.41, 5.74) is 1.76. The van der Waals surface area contributed by atoms with Gasteiger partial charge in [-0.15, -0.1) is 0 Å². The Morgan fingerprint density at radius 2 is 1.41 bits per heavy atom. The molecule has 0 aromatic heterocycles. The third-order valence-corrected chi connectivity index (χ3v) is 7.64. The molecule has 0 N–H and O–H groups in total. The van der Waals surface area contributed by atoms with Crippen molar-refractivity contribution in [2.45, 2.75) is 63.4 Å². The molecule has 172 valence electrons. The molecule has 1 fully saturated rings. The fourth-order valence-corrected chi connectivity index (χ4v) is 5.19. The van der Waals surface area contributed by atoms with Gasteiger partial charge in [-0.3, -0.25) is 4.79 Å². The summed E-state index contributed by atoms with van der Waals surface area (Å²) >= 11 is 0. The van der Waals surface area contributed by atoms with Crippen molar-refractivity contribution in [1.29, 1.82) is 0 Å². The fraction of sp³-hybridized carbons (Fsp3) is 0.440. The van der Waals surface area contributed by atoms with Gasteiger partial charge >= 0.3 is 5.97 Å². The molecule has 7 heteroatoms. The zero-order valence-electron chi connectivity index (χ0n) is 19.1. The Labute approximate surface area is 190 Å². The highest BCUT2D eigenvalue weighted by Crippen LogP contribution is 2.23. The number of hydrogen-bond acceptors (Lipinski definition) is 5. The zero-order chi connectivity index (χ0) is 23.5. The molecule has 1 heterocycles. The maximum absolute atomic E-state index is 12.7. The van der Waals surface area contributed by atoms with Crippen molar-refractivity contribution in [2.24, 2.45) is 0 Å². The lowest BCUT2D eigenvalue weighted by atomic mass is 9.86. The van der Waals surface area contributed by atoms with E-state index < -0.39 is 22.1 Å². The Kier molecular flexibility index (Phi) is 7.20. The molecule has 0 spiro atoms. The lowest BCUT2D eigenvalue weighted by molar-refractivity contribution is 0.0318. The van der Waals surface area contributed by atoms with Gasteiger partial charge in [0.2, 0.25) is 15.8 Å². The summed E-state index contributed by atoms with van der Waals surface area (Å²) < 4.78 is 32.3. The van der Waals surface area contributed by atoms with Gasteiger partial charge in [0.25, 0.3) is 0 Å². The first kappa shape index (κ1) is 24.1. The van der Waals surface area contributed by atoms with Gasteiger partial charge in [-0.05, 0) is 55.0 Å². The molecular weight excluding hydrogens is 426 g/mol. The fourth-order valence-electron chi connectivity index (χ4n) is 3.67. The van der Waals surface area contributed by atoms with Crippen molar-refractivity contribution in [3.8, 4) is 0 Å². The van der Waals surface area contributed by atoms with Crippen LogP contribution in [-0.2, 0) is 20.2 Å². The summed E-state index contributed by atoms with van der Waals surface area (Å²) in [6, 6.07) is 13.0. The molecule has 0 amide bonds. The normalized spacial score (nSPS) is 16.4. The maximum atomic E-state index is 12.7. The first-order chi connectivity index (χ1) is 15.0. The Bertz CT molecular complexity index is 1060.